The van der Waals surface area contributed by atoms with Gasteiger partial charge in [-0.1, -0.05) is 30.3 Å². The molecular weight excluding hydrogens is 222 g/mol. The van der Waals surface area contributed by atoms with Gasteiger partial charge >= 0.3 is 0 Å². The van der Waals surface area contributed by atoms with Gasteiger partial charge in [0.1, 0.15) is 0 Å². The van der Waals surface area contributed by atoms with E-state index in [1.165, 1.54) is 24.0 Å². The van der Waals surface area contributed by atoms with Gasteiger partial charge in [0, 0.05) is 6.54 Å². The molecule has 1 unspecified atom stereocenters. The van der Waals surface area contributed by atoms with Crippen molar-refractivity contribution in [1.29, 1.82) is 0 Å². The van der Waals surface area contributed by atoms with Crippen molar-refractivity contribution in [3.05, 3.63) is 48.0 Å². The number of rotatable bonds is 4. The van der Waals surface area contributed by atoms with Crippen LogP contribution >= 0.6 is 0 Å². The molecule has 0 aromatic heterocycles. The molecule has 0 amide bonds. The highest BCUT2D eigenvalue weighted by molar-refractivity contribution is 5.80. The fourth-order valence-corrected chi connectivity index (χ4v) is 2.61. The predicted octanol–water partition coefficient (Wildman–Crippen LogP) is 2.42. The molecule has 94 valence electrons. The molecule has 2 aliphatic rings. The second-order valence-electron chi connectivity index (χ2n) is 5.10. The fraction of sp³-hybridized carbons (Fsp3) is 0.400. The maximum atomic E-state index is 5.93. The molecule has 0 bridgehead atoms. The summed E-state index contributed by atoms with van der Waals surface area (Å²) < 4.78 is 0. The first kappa shape index (κ1) is 11.3. The van der Waals surface area contributed by atoms with E-state index in [0.717, 1.165) is 19.0 Å². The lowest BCUT2D eigenvalue weighted by Gasteiger charge is -2.25. The van der Waals surface area contributed by atoms with Gasteiger partial charge in [-0.25, -0.2) is 0 Å². The smallest absolute Gasteiger partial charge is 0.192 e. The number of guanidine groups is 1. The molecule has 1 heterocycles. The van der Waals surface area contributed by atoms with Crippen LogP contribution in [0.3, 0.4) is 0 Å². The lowest BCUT2D eigenvalue weighted by atomic mass is 10.0. The lowest BCUT2D eigenvalue weighted by molar-refractivity contribution is 0.380. The van der Waals surface area contributed by atoms with E-state index < -0.39 is 0 Å². The Morgan fingerprint density at radius 2 is 2.17 bits per heavy atom. The number of aliphatic imine (C=N–C) groups is 1. The summed E-state index contributed by atoms with van der Waals surface area (Å²) >= 11 is 0. The number of nitrogens with two attached hydrogens (primary N) is 1. The molecule has 3 rings (SSSR count). The van der Waals surface area contributed by atoms with E-state index in [2.05, 4.69) is 40.7 Å². The van der Waals surface area contributed by atoms with E-state index in [1.54, 1.807) is 0 Å². The van der Waals surface area contributed by atoms with Gasteiger partial charge in [0.15, 0.2) is 5.96 Å². The second-order valence-corrected chi connectivity index (χ2v) is 5.10. The van der Waals surface area contributed by atoms with Gasteiger partial charge in [-0.2, -0.15) is 0 Å². The van der Waals surface area contributed by atoms with Crippen LogP contribution in [0.2, 0.25) is 0 Å². The van der Waals surface area contributed by atoms with Crippen molar-refractivity contribution in [3.8, 4) is 0 Å². The van der Waals surface area contributed by atoms with Crippen molar-refractivity contribution in [2.75, 3.05) is 13.1 Å². The van der Waals surface area contributed by atoms with Gasteiger partial charge in [-0.15, -0.1) is 6.58 Å². The number of benzene rings is 1. The van der Waals surface area contributed by atoms with Crippen LogP contribution in [0.1, 0.15) is 35.9 Å². The van der Waals surface area contributed by atoms with Crippen LogP contribution in [0.5, 0.6) is 0 Å². The molecule has 1 aromatic rings. The summed E-state index contributed by atoms with van der Waals surface area (Å²) in [6, 6.07) is 9.18. The Morgan fingerprint density at radius 3 is 2.89 bits per heavy atom. The lowest BCUT2D eigenvalue weighted by Crippen LogP contribution is -2.36. The summed E-state index contributed by atoms with van der Waals surface area (Å²) in [5.41, 5.74) is 8.72. The first-order chi connectivity index (χ1) is 8.79. The zero-order valence-corrected chi connectivity index (χ0v) is 10.5. The minimum absolute atomic E-state index is 0.279. The molecule has 1 atom stereocenters. The van der Waals surface area contributed by atoms with E-state index >= 15 is 0 Å². The molecule has 1 aliphatic carbocycles. The molecule has 1 aliphatic heterocycles. The highest BCUT2D eigenvalue weighted by Crippen LogP contribution is 2.41. The average Bonchev–Trinajstić information content (AvgIpc) is 3.17. The third kappa shape index (κ3) is 2.01. The van der Waals surface area contributed by atoms with Crippen LogP contribution in [-0.4, -0.2) is 23.9 Å². The third-order valence-corrected chi connectivity index (χ3v) is 3.77. The maximum Gasteiger partial charge on any atom is 0.192 e. The van der Waals surface area contributed by atoms with Crippen LogP contribution < -0.4 is 5.73 Å². The van der Waals surface area contributed by atoms with Crippen LogP contribution in [0.25, 0.3) is 0 Å². The summed E-state index contributed by atoms with van der Waals surface area (Å²) in [5, 5.41) is 0. The Hall–Kier alpha value is -1.77. The zero-order valence-electron chi connectivity index (χ0n) is 10.5. The molecule has 0 radical (unpaired) electrons. The van der Waals surface area contributed by atoms with Crippen molar-refractivity contribution in [3.63, 3.8) is 0 Å². The van der Waals surface area contributed by atoms with Gasteiger partial charge in [0.25, 0.3) is 0 Å². The normalized spacial score (nSPS) is 23.0. The SMILES string of the molecule is C=CCN1C(N)=NCC1c1cccc(C2CC2)c1. The van der Waals surface area contributed by atoms with Crippen molar-refractivity contribution >= 4 is 5.96 Å². The van der Waals surface area contributed by atoms with Crippen LogP contribution in [0.15, 0.2) is 41.9 Å². The molecule has 1 aromatic carbocycles. The molecule has 0 spiro atoms. The number of nitrogens with zero attached hydrogens (tertiary/aromatic N) is 2. The summed E-state index contributed by atoms with van der Waals surface area (Å²) in [5.74, 6) is 1.43. The minimum Gasteiger partial charge on any atom is -0.370 e. The highest BCUT2D eigenvalue weighted by atomic mass is 15.3. The van der Waals surface area contributed by atoms with Gasteiger partial charge in [-0.05, 0) is 29.9 Å². The quantitative estimate of drug-likeness (QED) is 0.823. The van der Waals surface area contributed by atoms with Crippen LogP contribution in [0, 0.1) is 0 Å². The van der Waals surface area contributed by atoms with Crippen LogP contribution in [0.4, 0.5) is 0 Å². The first-order valence-corrected chi connectivity index (χ1v) is 6.57. The van der Waals surface area contributed by atoms with Gasteiger partial charge in [0.05, 0.1) is 12.6 Å². The Morgan fingerprint density at radius 1 is 1.39 bits per heavy atom. The van der Waals surface area contributed by atoms with E-state index in [-0.39, 0.29) is 6.04 Å². The third-order valence-electron chi connectivity index (χ3n) is 3.77. The van der Waals surface area contributed by atoms with Gasteiger partial charge in [0.2, 0.25) is 0 Å². The summed E-state index contributed by atoms with van der Waals surface area (Å²) in [6.07, 6.45) is 4.55. The zero-order chi connectivity index (χ0) is 12.5. The van der Waals surface area contributed by atoms with E-state index in [0.29, 0.717) is 5.96 Å². The minimum atomic E-state index is 0.279. The maximum absolute atomic E-state index is 5.93. The summed E-state index contributed by atoms with van der Waals surface area (Å²) in [7, 11) is 0. The van der Waals surface area contributed by atoms with E-state index in [1.807, 2.05) is 6.08 Å². The molecule has 3 nitrogen and oxygen atoms in total. The predicted molar refractivity (Wildman–Crippen MR) is 74.6 cm³/mol. The van der Waals surface area contributed by atoms with E-state index in [4.69, 9.17) is 5.73 Å². The van der Waals surface area contributed by atoms with Crippen molar-refractivity contribution in [2.24, 2.45) is 10.7 Å². The molecule has 18 heavy (non-hydrogen) atoms. The average molecular weight is 241 g/mol. The number of hydrogen-bond acceptors (Lipinski definition) is 3. The Bertz CT molecular complexity index is 488. The van der Waals surface area contributed by atoms with Crippen molar-refractivity contribution in [1.82, 2.24) is 4.90 Å². The molecule has 1 fully saturated rings. The standard InChI is InChI=1S/C15H19N3/c1-2-8-18-14(10-17-15(18)16)13-5-3-4-12(9-13)11-6-7-11/h2-5,9,11,14H,1,6-8,10H2,(H2,16,17). The Kier molecular flexibility index (Phi) is 2.82. The van der Waals surface area contributed by atoms with Crippen LogP contribution in [-0.2, 0) is 0 Å². The fourth-order valence-electron chi connectivity index (χ4n) is 2.61. The summed E-state index contributed by atoms with van der Waals surface area (Å²) in [4.78, 5) is 6.48. The molecular formula is C15H19N3. The number of hydrogen-bond donors (Lipinski definition) is 1. The molecule has 2 N–H and O–H groups in total. The second kappa shape index (κ2) is 4.48. The Balaban J connectivity index is 1.85. The monoisotopic (exact) mass is 241 g/mol. The largest absolute Gasteiger partial charge is 0.370 e. The topological polar surface area (TPSA) is 41.6 Å². The molecule has 1 saturated carbocycles. The van der Waals surface area contributed by atoms with Crippen molar-refractivity contribution < 1.29 is 0 Å². The van der Waals surface area contributed by atoms with Crippen molar-refractivity contribution in [2.45, 2.75) is 24.8 Å². The van der Waals surface area contributed by atoms with Gasteiger partial charge < -0.3 is 10.6 Å². The summed E-state index contributed by atoms with van der Waals surface area (Å²) in [6.45, 7) is 5.31. The molecule has 3 heteroatoms. The highest BCUT2D eigenvalue weighted by Gasteiger charge is 2.28. The van der Waals surface area contributed by atoms with Gasteiger partial charge in [-0.3, -0.25) is 4.99 Å². The first-order valence-electron chi connectivity index (χ1n) is 6.57. The molecule has 0 saturated heterocycles. The van der Waals surface area contributed by atoms with E-state index in [9.17, 15) is 0 Å². The Labute approximate surface area is 108 Å².